The van der Waals surface area contributed by atoms with Crippen LogP contribution in [0.15, 0.2) is 192 Å². The average molecular weight is 675 g/mol. The van der Waals surface area contributed by atoms with Crippen LogP contribution >= 0.6 is 11.8 Å². The molecule has 0 fully saturated rings. The number of fused-ring (bicyclic) bond motifs is 13. The lowest BCUT2D eigenvalue weighted by Gasteiger charge is -2.30. The maximum Gasteiger partial charge on any atom is 0.0725 e. The van der Waals surface area contributed by atoms with Crippen LogP contribution in [0, 0.1) is 0 Å². The first-order chi connectivity index (χ1) is 25.8. The summed E-state index contributed by atoms with van der Waals surface area (Å²) in [6, 6.07) is 68.5. The van der Waals surface area contributed by atoms with Crippen LogP contribution in [-0.4, -0.2) is 0 Å². The Morgan fingerprint density at radius 2 is 0.942 bits per heavy atom. The van der Waals surface area contributed by atoms with E-state index >= 15 is 0 Å². The highest BCUT2D eigenvalue weighted by Crippen LogP contribution is 2.64. The number of benzene rings is 9. The fourth-order valence-electron chi connectivity index (χ4n) is 9.80. The Hall–Kier alpha value is -6.15. The molecule has 1 heteroatoms. The molecule has 1 atom stereocenters. The van der Waals surface area contributed by atoms with E-state index in [9.17, 15) is 0 Å². The molecular weight excluding hydrogens is 645 g/mol. The summed E-state index contributed by atoms with van der Waals surface area (Å²) in [5.41, 5.74) is 18.1. The SMILES string of the molecule is c1cc(-c2cccc3c2-c2ccccc2C32c3ccccc3-c3cc4ccccc4cc32)cc(-c2ccc3c4c(cccc24)-c2ccccc2S3)c1. The molecule has 0 radical (unpaired) electrons. The molecule has 1 unspecified atom stereocenters. The van der Waals surface area contributed by atoms with Crippen molar-refractivity contribution < 1.29 is 0 Å². The molecule has 2 aliphatic carbocycles. The average Bonchev–Trinajstić information content (AvgIpc) is 3.67. The predicted octanol–water partition coefficient (Wildman–Crippen LogP) is 13.8. The molecule has 12 rings (SSSR count). The Balaban J connectivity index is 1.09. The van der Waals surface area contributed by atoms with Crippen LogP contribution in [0.1, 0.15) is 22.3 Å². The van der Waals surface area contributed by atoms with Gasteiger partial charge in [0.15, 0.2) is 0 Å². The van der Waals surface area contributed by atoms with Gasteiger partial charge >= 0.3 is 0 Å². The lowest BCUT2D eigenvalue weighted by molar-refractivity contribution is 0.795. The van der Waals surface area contributed by atoms with Gasteiger partial charge in [0.2, 0.25) is 0 Å². The third-order valence-corrected chi connectivity index (χ3v) is 13.0. The van der Waals surface area contributed by atoms with Gasteiger partial charge in [0, 0.05) is 15.2 Å². The van der Waals surface area contributed by atoms with Crippen molar-refractivity contribution in [1.82, 2.24) is 0 Å². The van der Waals surface area contributed by atoms with E-state index in [-0.39, 0.29) is 5.41 Å². The fraction of sp³-hybridized carbons (Fsp3) is 0.0196. The largest absolute Gasteiger partial charge is 0.0888 e. The van der Waals surface area contributed by atoms with Gasteiger partial charge in [0.1, 0.15) is 0 Å². The monoisotopic (exact) mass is 674 g/mol. The first kappa shape index (κ1) is 28.5. The molecule has 52 heavy (non-hydrogen) atoms. The van der Waals surface area contributed by atoms with Gasteiger partial charge in [-0.2, -0.15) is 0 Å². The molecule has 0 aromatic heterocycles. The van der Waals surface area contributed by atoms with E-state index in [0.29, 0.717) is 0 Å². The van der Waals surface area contributed by atoms with Gasteiger partial charge in [-0.05, 0) is 124 Å². The van der Waals surface area contributed by atoms with E-state index in [1.807, 2.05) is 11.8 Å². The Morgan fingerprint density at radius 1 is 0.327 bits per heavy atom. The van der Waals surface area contributed by atoms with Crippen molar-refractivity contribution in [3.63, 3.8) is 0 Å². The van der Waals surface area contributed by atoms with Crippen molar-refractivity contribution in [3.05, 3.63) is 204 Å². The zero-order chi connectivity index (χ0) is 34.0. The molecule has 0 nitrogen and oxygen atoms in total. The van der Waals surface area contributed by atoms with Crippen molar-refractivity contribution >= 4 is 33.3 Å². The van der Waals surface area contributed by atoms with Crippen LogP contribution in [0.3, 0.4) is 0 Å². The molecule has 0 saturated carbocycles. The Bertz CT molecular complexity index is 3000. The van der Waals surface area contributed by atoms with Crippen molar-refractivity contribution in [2.24, 2.45) is 0 Å². The summed E-state index contributed by atoms with van der Waals surface area (Å²) in [6.45, 7) is 0. The van der Waals surface area contributed by atoms with Crippen LogP contribution in [0.5, 0.6) is 0 Å². The summed E-state index contributed by atoms with van der Waals surface area (Å²) in [5.74, 6) is 0. The summed E-state index contributed by atoms with van der Waals surface area (Å²) >= 11 is 1.89. The molecule has 1 spiro atoms. The minimum atomic E-state index is -0.389. The molecule has 1 aliphatic heterocycles. The Morgan fingerprint density at radius 3 is 1.81 bits per heavy atom. The summed E-state index contributed by atoms with van der Waals surface area (Å²) in [4.78, 5) is 2.66. The van der Waals surface area contributed by atoms with E-state index in [2.05, 4.69) is 182 Å². The molecule has 3 aliphatic rings. The minimum Gasteiger partial charge on any atom is -0.0888 e. The Labute approximate surface area is 307 Å². The van der Waals surface area contributed by atoms with E-state index in [4.69, 9.17) is 0 Å². The second kappa shape index (κ2) is 10.4. The first-order valence-electron chi connectivity index (χ1n) is 18.1. The first-order valence-corrected chi connectivity index (χ1v) is 18.9. The van der Waals surface area contributed by atoms with Crippen LogP contribution < -0.4 is 0 Å². The second-order valence-corrected chi connectivity index (χ2v) is 15.4. The molecule has 0 saturated heterocycles. The van der Waals surface area contributed by atoms with Gasteiger partial charge in [-0.25, -0.2) is 0 Å². The zero-order valence-electron chi connectivity index (χ0n) is 28.2. The third kappa shape index (κ3) is 3.63. The number of hydrogen-bond acceptors (Lipinski definition) is 1. The lowest BCUT2D eigenvalue weighted by atomic mass is 9.70. The smallest absolute Gasteiger partial charge is 0.0725 e. The molecule has 9 aromatic rings. The lowest BCUT2D eigenvalue weighted by Crippen LogP contribution is -2.25. The van der Waals surface area contributed by atoms with Crippen molar-refractivity contribution in [1.29, 1.82) is 0 Å². The van der Waals surface area contributed by atoms with Crippen LogP contribution in [0.2, 0.25) is 0 Å². The highest BCUT2D eigenvalue weighted by molar-refractivity contribution is 7.99. The van der Waals surface area contributed by atoms with Crippen molar-refractivity contribution in [2.75, 3.05) is 0 Å². The van der Waals surface area contributed by atoms with E-state index in [0.717, 1.165) is 0 Å². The second-order valence-electron chi connectivity index (χ2n) is 14.3. The van der Waals surface area contributed by atoms with Crippen LogP contribution in [-0.2, 0) is 5.41 Å². The molecule has 0 bridgehead atoms. The molecular formula is C51H30S. The highest BCUT2D eigenvalue weighted by atomic mass is 32.2. The molecule has 0 N–H and O–H groups in total. The molecule has 1 heterocycles. The molecule has 0 amide bonds. The minimum absolute atomic E-state index is 0.389. The maximum atomic E-state index is 2.47. The summed E-state index contributed by atoms with van der Waals surface area (Å²) in [7, 11) is 0. The summed E-state index contributed by atoms with van der Waals surface area (Å²) in [6.07, 6.45) is 0. The Kier molecular flexibility index (Phi) is 5.73. The van der Waals surface area contributed by atoms with Crippen LogP contribution in [0.4, 0.5) is 0 Å². The standard InChI is InChI=1S/C51H30S/c1-2-13-32-30-46-42(29-31(32)12-1)37-16-3-6-22-43(37)51(46)44-23-7-4-18-41(44)49-36(19-11-24-45(49)51)34-15-9-14-33(28-34)35-26-27-48-50-39(35)20-10-21-40(50)38-17-5-8-25-47(38)52-48/h1-30H. The summed E-state index contributed by atoms with van der Waals surface area (Å²) < 4.78 is 0. The molecule has 9 aromatic carbocycles. The topological polar surface area (TPSA) is 0 Å². The van der Waals surface area contributed by atoms with E-state index in [1.165, 1.54) is 109 Å². The van der Waals surface area contributed by atoms with Crippen LogP contribution in [0.25, 0.3) is 77.2 Å². The van der Waals surface area contributed by atoms with Gasteiger partial charge in [-0.1, -0.05) is 163 Å². The van der Waals surface area contributed by atoms with Crippen molar-refractivity contribution in [2.45, 2.75) is 15.2 Å². The van der Waals surface area contributed by atoms with Gasteiger partial charge < -0.3 is 0 Å². The normalized spacial score (nSPS) is 15.7. The van der Waals surface area contributed by atoms with Gasteiger partial charge in [-0.15, -0.1) is 0 Å². The quantitative estimate of drug-likeness (QED) is 0.176. The van der Waals surface area contributed by atoms with Gasteiger partial charge in [0.05, 0.1) is 5.41 Å². The van der Waals surface area contributed by atoms with Gasteiger partial charge in [-0.3, -0.25) is 0 Å². The number of rotatable bonds is 2. The van der Waals surface area contributed by atoms with Crippen molar-refractivity contribution in [3.8, 4) is 55.6 Å². The van der Waals surface area contributed by atoms with Gasteiger partial charge in [0.25, 0.3) is 0 Å². The molecule has 240 valence electrons. The predicted molar refractivity (Wildman–Crippen MR) is 218 cm³/mol. The maximum absolute atomic E-state index is 2.47. The van der Waals surface area contributed by atoms with E-state index < -0.39 is 0 Å². The highest BCUT2D eigenvalue weighted by Gasteiger charge is 2.52. The summed E-state index contributed by atoms with van der Waals surface area (Å²) in [5, 5.41) is 5.23. The zero-order valence-corrected chi connectivity index (χ0v) is 29.0. The number of hydrogen-bond donors (Lipinski definition) is 0. The third-order valence-electron chi connectivity index (χ3n) is 11.9. The van der Waals surface area contributed by atoms with E-state index in [1.54, 1.807) is 0 Å². The fourth-order valence-corrected chi connectivity index (χ4v) is 10.9.